The third kappa shape index (κ3) is 3.34. The summed E-state index contributed by atoms with van der Waals surface area (Å²) >= 11 is 3.16. The number of nitrogens with zero attached hydrogens (tertiary/aromatic N) is 1. The number of amides is 1. The van der Waals surface area contributed by atoms with E-state index in [1.165, 1.54) is 27.0 Å². The van der Waals surface area contributed by atoms with E-state index >= 15 is 0 Å². The van der Waals surface area contributed by atoms with Gasteiger partial charge in [0.25, 0.3) is 0 Å². The first-order valence-corrected chi connectivity index (χ1v) is 7.93. The van der Waals surface area contributed by atoms with Gasteiger partial charge in [-0.1, -0.05) is 48.2 Å². The van der Waals surface area contributed by atoms with Crippen molar-refractivity contribution in [2.75, 3.05) is 0 Å². The molecule has 4 nitrogen and oxygen atoms in total. The van der Waals surface area contributed by atoms with Crippen LogP contribution in [0.3, 0.4) is 0 Å². The van der Waals surface area contributed by atoms with E-state index in [0.29, 0.717) is 0 Å². The Morgan fingerprint density at radius 3 is 2.90 bits per heavy atom. The third-order valence-corrected chi connectivity index (χ3v) is 5.06. The molecule has 0 fully saturated rings. The number of carboxylic acid groups (broad SMARTS) is 1. The second-order valence-electron chi connectivity index (χ2n) is 4.31. The zero-order valence-electron chi connectivity index (χ0n) is 10.9. The summed E-state index contributed by atoms with van der Waals surface area (Å²) in [5.74, 6) is 0. The fraction of sp³-hybridized carbons (Fsp3) is 0.0667. The van der Waals surface area contributed by atoms with Crippen LogP contribution in [-0.4, -0.2) is 16.2 Å². The van der Waals surface area contributed by atoms with Crippen LogP contribution in [-0.2, 0) is 6.54 Å². The predicted octanol–water partition coefficient (Wildman–Crippen LogP) is 4.22. The lowest BCUT2D eigenvalue weighted by Gasteiger charge is -2.03. The second-order valence-corrected chi connectivity index (χ2v) is 6.77. The molecule has 106 valence electrons. The van der Waals surface area contributed by atoms with Gasteiger partial charge in [-0.25, -0.2) is 9.78 Å². The van der Waals surface area contributed by atoms with Gasteiger partial charge in [0.05, 0.1) is 17.0 Å². The van der Waals surface area contributed by atoms with E-state index in [-0.39, 0.29) is 6.54 Å². The number of hydrogen-bond donors (Lipinski definition) is 2. The van der Waals surface area contributed by atoms with E-state index in [1.807, 2.05) is 18.2 Å². The third-order valence-electron chi connectivity index (χ3n) is 2.88. The van der Waals surface area contributed by atoms with Crippen molar-refractivity contribution in [2.24, 2.45) is 0 Å². The maximum absolute atomic E-state index is 10.5. The van der Waals surface area contributed by atoms with Gasteiger partial charge in [-0.05, 0) is 16.8 Å². The van der Waals surface area contributed by atoms with E-state index in [9.17, 15) is 4.79 Å². The van der Waals surface area contributed by atoms with Crippen molar-refractivity contribution >= 4 is 40.0 Å². The molecule has 0 unspecified atom stereocenters. The lowest BCUT2D eigenvalue weighted by Crippen LogP contribution is -2.19. The molecule has 0 aliphatic carbocycles. The van der Waals surface area contributed by atoms with Crippen LogP contribution in [0.25, 0.3) is 10.8 Å². The van der Waals surface area contributed by atoms with Crippen LogP contribution < -0.4 is 5.32 Å². The van der Waals surface area contributed by atoms with Gasteiger partial charge in [0.2, 0.25) is 0 Å². The molecular weight excluding hydrogens is 304 g/mol. The Balaban J connectivity index is 1.81. The molecule has 0 spiro atoms. The Kier molecular flexibility index (Phi) is 4.08. The fourth-order valence-corrected chi connectivity index (χ4v) is 4.04. The first-order chi connectivity index (χ1) is 10.2. The number of thiazole rings is 1. The number of rotatable bonds is 4. The Morgan fingerprint density at radius 2 is 2.05 bits per heavy atom. The summed E-state index contributed by atoms with van der Waals surface area (Å²) in [4.78, 5) is 15.9. The molecule has 0 bridgehead atoms. The Morgan fingerprint density at radius 1 is 1.24 bits per heavy atom. The lowest BCUT2D eigenvalue weighted by molar-refractivity contribution is 0.194. The summed E-state index contributed by atoms with van der Waals surface area (Å²) in [6, 6.07) is 14.5. The van der Waals surface area contributed by atoms with E-state index in [1.54, 1.807) is 18.0 Å². The van der Waals surface area contributed by atoms with E-state index < -0.39 is 6.09 Å². The van der Waals surface area contributed by atoms with Gasteiger partial charge >= 0.3 is 6.09 Å². The van der Waals surface area contributed by atoms with E-state index in [0.717, 1.165) is 9.22 Å². The minimum Gasteiger partial charge on any atom is -0.465 e. The average Bonchev–Trinajstić information content (AvgIpc) is 2.93. The molecule has 0 aliphatic rings. The number of carbonyl (C=O) groups is 1. The standard InChI is InChI=1S/C15H12N2O2S2/c18-15(19)17-8-13-16-9-14(21-13)20-12-7-3-5-10-4-1-2-6-11(10)12/h1-7,9,17H,8H2,(H,18,19). The summed E-state index contributed by atoms with van der Waals surface area (Å²) in [6.45, 7) is 0.246. The average molecular weight is 316 g/mol. The highest BCUT2D eigenvalue weighted by atomic mass is 32.2. The summed E-state index contributed by atoms with van der Waals surface area (Å²) in [7, 11) is 0. The molecule has 0 atom stereocenters. The van der Waals surface area contributed by atoms with Crippen molar-refractivity contribution in [1.29, 1.82) is 0 Å². The largest absolute Gasteiger partial charge is 0.465 e. The van der Waals surface area contributed by atoms with Gasteiger partial charge in [-0.15, -0.1) is 11.3 Å². The zero-order valence-corrected chi connectivity index (χ0v) is 12.6. The molecule has 2 N–H and O–H groups in total. The highest BCUT2D eigenvalue weighted by Gasteiger charge is 2.07. The highest BCUT2D eigenvalue weighted by Crippen LogP contribution is 2.36. The first kappa shape index (κ1) is 13.9. The van der Waals surface area contributed by atoms with Gasteiger partial charge in [0.15, 0.2) is 0 Å². The number of fused-ring (bicyclic) bond motifs is 1. The van der Waals surface area contributed by atoms with Crippen LogP contribution in [0.2, 0.25) is 0 Å². The zero-order chi connectivity index (χ0) is 14.7. The SMILES string of the molecule is O=C(O)NCc1ncc(Sc2cccc3ccccc23)s1. The highest BCUT2D eigenvalue weighted by molar-refractivity contribution is 8.01. The van der Waals surface area contributed by atoms with Gasteiger partial charge in [0.1, 0.15) is 5.01 Å². The Hall–Kier alpha value is -2.05. The maximum Gasteiger partial charge on any atom is 0.405 e. The minimum absolute atomic E-state index is 0.246. The molecule has 2 aromatic carbocycles. The first-order valence-electron chi connectivity index (χ1n) is 6.29. The molecule has 0 radical (unpaired) electrons. The smallest absolute Gasteiger partial charge is 0.405 e. The van der Waals surface area contributed by atoms with Crippen LogP contribution >= 0.6 is 23.1 Å². The van der Waals surface area contributed by atoms with Crippen molar-refractivity contribution in [3.63, 3.8) is 0 Å². The second kappa shape index (κ2) is 6.15. The lowest BCUT2D eigenvalue weighted by atomic mass is 10.1. The maximum atomic E-state index is 10.5. The van der Waals surface area contributed by atoms with Gasteiger partial charge in [-0.3, -0.25) is 0 Å². The molecule has 1 heterocycles. The van der Waals surface area contributed by atoms with Crippen molar-refractivity contribution < 1.29 is 9.90 Å². The topological polar surface area (TPSA) is 62.2 Å². The molecular formula is C15H12N2O2S2. The van der Waals surface area contributed by atoms with Crippen molar-refractivity contribution in [3.8, 4) is 0 Å². The van der Waals surface area contributed by atoms with Crippen LogP contribution in [0, 0.1) is 0 Å². The number of hydrogen-bond acceptors (Lipinski definition) is 4. The number of aromatic nitrogens is 1. The van der Waals surface area contributed by atoms with Crippen molar-refractivity contribution in [1.82, 2.24) is 10.3 Å². The molecule has 3 rings (SSSR count). The number of nitrogens with one attached hydrogen (secondary N) is 1. The molecule has 1 aromatic heterocycles. The summed E-state index contributed by atoms with van der Waals surface area (Å²) in [5.41, 5.74) is 0. The van der Waals surface area contributed by atoms with Crippen LogP contribution in [0.1, 0.15) is 5.01 Å². The molecule has 0 saturated heterocycles. The fourth-order valence-electron chi connectivity index (χ4n) is 1.97. The summed E-state index contributed by atoms with van der Waals surface area (Å²) in [6.07, 6.45) is 0.754. The quantitative estimate of drug-likeness (QED) is 0.756. The molecule has 6 heteroatoms. The Bertz CT molecular complexity index is 781. The van der Waals surface area contributed by atoms with Crippen LogP contribution in [0.5, 0.6) is 0 Å². The van der Waals surface area contributed by atoms with E-state index in [4.69, 9.17) is 5.11 Å². The normalized spacial score (nSPS) is 10.7. The minimum atomic E-state index is -1.03. The van der Waals surface area contributed by atoms with Crippen LogP contribution in [0.4, 0.5) is 4.79 Å². The van der Waals surface area contributed by atoms with Gasteiger partial charge in [0, 0.05) is 4.90 Å². The number of benzene rings is 2. The van der Waals surface area contributed by atoms with Crippen molar-refractivity contribution in [2.45, 2.75) is 15.6 Å². The summed E-state index contributed by atoms with van der Waals surface area (Å²) in [5, 5.41) is 14.1. The predicted molar refractivity (Wildman–Crippen MR) is 85.0 cm³/mol. The van der Waals surface area contributed by atoms with Gasteiger partial charge in [-0.2, -0.15) is 0 Å². The molecule has 1 amide bonds. The van der Waals surface area contributed by atoms with Crippen molar-refractivity contribution in [3.05, 3.63) is 53.7 Å². The monoisotopic (exact) mass is 316 g/mol. The molecule has 3 aromatic rings. The van der Waals surface area contributed by atoms with Crippen LogP contribution in [0.15, 0.2) is 57.8 Å². The van der Waals surface area contributed by atoms with E-state index in [2.05, 4.69) is 34.6 Å². The molecule has 21 heavy (non-hydrogen) atoms. The summed E-state index contributed by atoms with van der Waals surface area (Å²) < 4.78 is 1.05. The molecule has 0 saturated carbocycles. The molecule has 0 aliphatic heterocycles. The Labute approximate surface area is 129 Å². The van der Waals surface area contributed by atoms with Gasteiger partial charge < -0.3 is 10.4 Å².